The molecule has 1 aliphatic heterocycles. The summed E-state index contributed by atoms with van der Waals surface area (Å²) >= 11 is 0. The van der Waals surface area contributed by atoms with Crippen LogP contribution in [-0.4, -0.2) is 43.1 Å². The van der Waals surface area contributed by atoms with Gasteiger partial charge in [0.15, 0.2) is 0 Å². The second-order valence-electron chi connectivity index (χ2n) is 6.72. The number of fused-ring (bicyclic) bond motifs is 1. The number of carbonyl (C=O) groups is 1. The molecule has 2 atom stereocenters. The Balaban J connectivity index is 1.71. The van der Waals surface area contributed by atoms with E-state index in [1.807, 2.05) is 44.0 Å². The van der Waals surface area contributed by atoms with Gasteiger partial charge in [-0.1, -0.05) is 0 Å². The lowest BCUT2D eigenvalue weighted by Gasteiger charge is -2.19. The van der Waals surface area contributed by atoms with Crippen molar-refractivity contribution in [1.82, 2.24) is 29.9 Å². The molecule has 0 aliphatic carbocycles. The number of nitrogens with zero attached hydrogens (tertiary/aromatic N) is 5. The van der Waals surface area contributed by atoms with E-state index in [0.717, 1.165) is 28.7 Å². The molecule has 4 rings (SSSR count). The van der Waals surface area contributed by atoms with Gasteiger partial charge in [-0.25, -0.2) is 4.98 Å². The fourth-order valence-electron chi connectivity index (χ4n) is 3.25. The molecule has 4 heterocycles. The van der Waals surface area contributed by atoms with Crippen molar-refractivity contribution in [2.24, 2.45) is 13.0 Å². The Morgan fingerprint density at radius 3 is 2.96 bits per heavy atom. The lowest BCUT2D eigenvalue weighted by molar-refractivity contribution is -0.119. The number of aryl methyl sites for hydroxylation is 2. The molecule has 136 valence electrons. The molecule has 0 radical (unpaired) electrons. The molecular formula is C18H22N6O2. The van der Waals surface area contributed by atoms with Gasteiger partial charge < -0.3 is 10.1 Å². The van der Waals surface area contributed by atoms with Crippen LogP contribution in [0.2, 0.25) is 0 Å². The fourth-order valence-corrected chi connectivity index (χ4v) is 3.25. The Morgan fingerprint density at radius 1 is 1.42 bits per heavy atom. The van der Waals surface area contributed by atoms with Gasteiger partial charge in [0.05, 0.1) is 22.8 Å². The quantitative estimate of drug-likeness (QED) is 0.754. The van der Waals surface area contributed by atoms with Gasteiger partial charge in [-0.15, -0.1) is 0 Å². The van der Waals surface area contributed by atoms with Gasteiger partial charge in [0.25, 0.3) is 0 Å². The van der Waals surface area contributed by atoms with E-state index in [1.54, 1.807) is 10.9 Å². The molecule has 0 bridgehead atoms. The Hall–Kier alpha value is -2.90. The lowest BCUT2D eigenvalue weighted by Crippen LogP contribution is -2.26. The predicted molar refractivity (Wildman–Crippen MR) is 96.6 cm³/mol. The number of pyridine rings is 1. The Bertz CT molecular complexity index is 960. The van der Waals surface area contributed by atoms with E-state index in [-0.39, 0.29) is 17.9 Å². The third-order valence-electron chi connectivity index (χ3n) is 4.81. The number of hydrogen-bond donors (Lipinski definition) is 1. The molecule has 1 fully saturated rings. The molecule has 8 nitrogen and oxygen atoms in total. The molecule has 3 aromatic rings. The number of rotatable bonds is 5. The van der Waals surface area contributed by atoms with E-state index in [1.165, 1.54) is 0 Å². The molecule has 26 heavy (non-hydrogen) atoms. The molecule has 1 aliphatic rings. The van der Waals surface area contributed by atoms with Crippen molar-refractivity contribution in [3.05, 3.63) is 24.7 Å². The summed E-state index contributed by atoms with van der Waals surface area (Å²) in [5.74, 6) is 0.759. The summed E-state index contributed by atoms with van der Waals surface area (Å²) in [6, 6.07) is 1.95. The number of aromatic nitrogens is 5. The van der Waals surface area contributed by atoms with Crippen molar-refractivity contribution >= 4 is 16.8 Å². The maximum absolute atomic E-state index is 11.5. The predicted octanol–water partition coefficient (Wildman–Crippen LogP) is 1.76. The highest BCUT2D eigenvalue weighted by molar-refractivity contribution is 5.86. The summed E-state index contributed by atoms with van der Waals surface area (Å²) in [5, 5.41) is 12.6. The number of ether oxygens (including phenoxy) is 1. The monoisotopic (exact) mass is 354 g/mol. The van der Waals surface area contributed by atoms with Crippen LogP contribution in [-0.2, 0) is 18.4 Å². The van der Waals surface area contributed by atoms with Crippen LogP contribution in [0.4, 0.5) is 0 Å². The van der Waals surface area contributed by atoms with E-state index in [2.05, 4.69) is 15.5 Å². The Morgan fingerprint density at radius 2 is 2.27 bits per heavy atom. The topological polar surface area (TPSA) is 86.9 Å². The number of nitrogens with one attached hydrogen (secondary N) is 1. The van der Waals surface area contributed by atoms with Gasteiger partial charge in [0.1, 0.15) is 6.10 Å². The van der Waals surface area contributed by atoms with Gasteiger partial charge in [-0.3, -0.25) is 14.2 Å². The Labute approximate surface area is 151 Å². The van der Waals surface area contributed by atoms with Crippen LogP contribution in [0.3, 0.4) is 0 Å². The van der Waals surface area contributed by atoms with Gasteiger partial charge >= 0.3 is 0 Å². The smallest absolute Gasteiger partial charge is 0.225 e. The number of hydrogen-bond acceptors (Lipinski definition) is 5. The van der Waals surface area contributed by atoms with Crippen molar-refractivity contribution in [3.8, 4) is 17.1 Å². The lowest BCUT2D eigenvalue weighted by atomic mass is 10.0. The van der Waals surface area contributed by atoms with Crippen LogP contribution in [0, 0.1) is 5.92 Å². The van der Waals surface area contributed by atoms with E-state index in [9.17, 15) is 4.79 Å². The second kappa shape index (κ2) is 6.44. The molecule has 0 aromatic carbocycles. The van der Waals surface area contributed by atoms with E-state index in [4.69, 9.17) is 9.72 Å². The third-order valence-corrected chi connectivity index (χ3v) is 4.81. The average Bonchev–Trinajstić information content (AvgIpc) is 3.33. The molecule has 1 N–H and O–H groups in total. The second-order valence-corrected chi connectivity index (χ2v) is 6.72. The van der Waals surface area contributed by atoms with Gasteiger partial charge in [0, 0.05) is 50.4 Å². The van der Waals surface area contributed by atoms with Crippen molar-refractivity contribution in [3.63, 3.8) is 0 Å². The normalized spacial score (nSPS) is 18.3. The van der Waals surface area contributed by atoms with Crippen LogP contribution in [0.15, 0.2) is 24.7 Å². The van der Waals surface area contributed by atoms with Crippen molar-refractivity contribution < 1.29 is 9.53 Å². The summed E-state index contributed by atoms with van der Waals surface area (Å²) in [7, 11) is 1.88. The van der Waals surface area contributed by atoms with Crippen molar-refractivity contribution in [1.29, 1.82) is 0 Å². The number of amides is 1. The highest BCUT2D eigenvalue weighted by Crippen LogP contribution is 2.30. The van der Waals surface area contributed by atoms with Crippen LogP contribution >= 0.6 is 0 Å². The first-order valence-electron chi connectivity index (χ1n) is 8.84. The molecule has 1 saturated heterocycles. The highest BCUT2D eigenvalue weighted by Gasteiger charge is 2.29. The Kier molecular flexibility index (Phi) is 4.10. The highest BCUT2D eigenvalue weighted by atomic mass is 16.5. The average molecular weight is 354 g/mol. The summed E-state index contributed by atoms with van der Waals surface area (Å²) in [5.41, 5.74) is 2.53. The van der Waals surface area contributed by atoms with Crippen LogP contribution in [0.1, 0.15) is 20.3 Å². The molecule has 0 saturated carbocycles. The maximum atomic E-state index is 11.5. The van der Waals surface area contributed by atoms with Crippen LogP contribution in [0.5, 0.6) is 5.88 Å². The largest absolute Gasteiger partial charge is 0.474 e. The van der Waals surface area contributed by atoms with Gasteiger partial charge in [-0.2, -0.15) is 10.2 Å². The third kappa shape index (κ3) is 3.02. The maximum Gasteiger partial charge on any atom is 0.225 e. The van der Waals surface area contributed by atoms with E-state index < -0.39 is 0 Å². The molecule has 2 unspecified atom stereocenters. The standard InChI is InChI=1S/C18H22N6O2/c1-4-24-9-13(8-20-24)15-6-16-14(10-23(3)22-16)18(21-15)26-11(2)12-5-17(25)19-7-12/h6,8-12H,4-5,7H2,1-3H3,(H,19,25). The first-order valence-corrected chi connectivity index (χ1v) is 8.84. The zero-order valence-electron chi connectivity index (χ0n) is 15.1. The van der Waals surface area contributed by atoms with E-state index >= 15 is 0 Å². The zero-order valence-corrected chi connectivity index (χ0v) is 15.1. The minimum atomic E-state index is -0.126. The summed E-state index contributed by atoms with van der Waals surface area (Å²) in [4.78, 5) is 16.2. The minimum absolute atomic E-state index is 0.0747. The molecule has 0 spiro atoms. The molecular weight excluding hydrogens is 332 g/mol. The van der Waals surface area contributed by atoms with Crippen molar-refractivity contribution in [2.75, 3.05) is 6.54 Å². The zero-order chi connectivity index (χ0) is 18.3. The molecule has 3 aromatic heterocycles. The SMILES string of the molecule is CCn1cc(-c2cc3nn(C)cc3c(OC(C)C3CNC(=O)C3)n2)cn1. The fraction of sp³-hybridized carbons (Fsp3) is 0.444. The first-order chi connectivity index (χ1) is 12.5. The summed E-state index contributed by atoms with van der Waals surface area (Å²) in [6.45, 7) is 5.46. The minimum Gasteiger partial charge on any atom is -0.474 e. The van der Waals surface area contributed by atoms with Gasteiger partial charge in [-0.05, 0) is 19.9 Å². The summed E-state index contributed by atoms with van der Waals surface area (Å²) in [6.07, 6.45) is 6.03. The van der Waals surface area contributed by atoms with E-state index in [0.29, 0.717) is 18.8 Å². The molecule has 1 amide bonds. The van der Waals surface area contributed by atoms with Crippen LogP contribution in [0.25, 0.3) is 22.2 Å². The number of carbonyl (C=O) groups excluding carboxylic acids is 1. The van der Waals surface area contributed by atoms with Crippen molar-refractivity contribution in [2.45, 2.75) is 32.9 Å². The first kappa shape index (κ1) is 16.6. The van der Waals surface area contributed by atoms with Crippen LogP contribution < -0.4 is 10.1 Å². The summed E-state index contributed by atoms with van der Waals surface area (Å²) < 4.78 is 9.80. The van der Waals surface area contributed by atoms with Gasteiger partial charge in [0.2, 0.25) is 11.8 Å². The molecule has 8 heteroatoms.